The molecule has 0 spiro atoms. The van der Waals surface area contributed by atoms with Gasteiger partial charge >= 0.3 is 0 Å². The molecule has 1 amide bonds. The van der Waals surface area contributed by atoms with Gasteiger partial charge in [-0.3, -0.25) is 4.79 Å². The van der Waals surface area contributed by atoms with E-state index in [2.05, 4.69) is 5.32 Å². The van der Waals surface area contributed by atoms with Crippen LogP contribution in [0.1, 0.15) is 43.5 Å². The molecule has 1 fully saturated rings. The smallest absolute Gasteiger partial charge is 0.248 e. The van der Waals surface area contributed by atoms with Crippen LogP contribution in [-0.2, 0) is 4.79 Å². The maximum absolute atomic E-state index is 13.1. The fourth-order valence-corrected chi connectivity index (χ4v) is 2.69. The molecular weight excluding hydrogens is 284 g/mol. The number of nitrogens with one attached hydrogen (secondary N) is 1. The van der Waals surface area contributed by atoms with E-state index in [9.17, 15) is 13.6 Å². The first-order valence-corrected chi connectivity index (χ1v) is 7.24. The van der Waals surface area contributed by atoms with Crippen molar-refractivity contribution in [2.45, 2.75) is 43.9 Å². The van der Waals surface area contributed by atoms with Gasteiger partial charge in [0.2, 0.25) is 11.8 Å². The number of carbonyl (C=O) groups excluding carboxylic acids is 1. The van der Waals surface area contributed by atoms with Crippen molar-refractivity contribution < 1.29 is 13.6 Å². The molecule has 2 rings (SSSR count). The zero-order valence-corrected chi connectivity index (χ0v) is 12.1. The molecule has 0 heterocycles. The van der Waals surface area contributed by atoms with Crippen LogP contribution in [0.4, 0.5) is 14.5 Å². The van der Waals surface area contributed by atoms with Crippen LogP contribution in [0.5, 0.6) is 0 Å². The van der Waals surface area contributed by atoms with Crippen LogP contribution < -0.4 is 5.32 Å². The molecule has 0 aliphatic heterocycles. The average Bonchev–Trinajstić information content (AvgIpc) is 2.38. The molecule has 0 aromatic heterocycles. The predicted molar refractivity (Wildman–Crippen MR) is 76.2 cm³/mol. The quantitative estimate of drug-likeness (QED) is 0.802. The molecule has 20 heavy (non-hydrogen) atoms. The van der Waals surface area contributed by atoms with E-state index >= 15 is 0 Å². The van der Waals surface area contributed by atoms with Crippen LogP contribution in [0.15, 0.2) is 24.3 Å². The van der Waals surface area contributed by atoms with Gasteiger partial charge in [0.1, 0.15) is 0 Å². The summed E-state index contributed by atoms with van der Waals surface area (Å²) in [7, 11) is 0. The number of rotatable bonds is 3. The normalized spacial score (nSPS) is 20.4. The summed E-state index contributed by atoms with van der Waals surface area (Å²) in [6.07, 6.45) is 0.0478. The van der Waals surface area contributed by atoms with Crippen molar-refractivity contribution in [1.82, 2.24) is 0 Å². The molecule has 1 unspecified atom stereocenters. The first-order chi connectivity index (χ1) is 9.39. The highest BCUT2D eigenvalue weighted by Crippen LogP contribution is 2.37. The maximum Gasteiger partial charge on any atom is 0.248 e. The Hall–Kier alpha value is -1.16. The molecule has 1 N–H and O–H groups in total. The van der Waals surface area contributed by atoms with E-state index in [0.717, 1.165) is 5.56 Å². The SMILES string of the molecule is CC(Cl)c1ccccc1NC(=O)C1CCC(F)(F)CC1. The molecule has 0 radical (unpaired) electrons. The summed E-state index contributed by atoms with van der Waals surface area (Å²) < 4.78 is 26.2. The van der Waals surface area contributed by atoms with Crippen LogP contribution in [0, 0.1) is 5.92 Å². The van der Waals surface area contributed by atoms with Gasteiger partial charge < -0.3 is 5.32 Å². The minimum atomic E-state index is -2.61. The predicted octanol–water partition coefficient (Wildman–Crippen LogP) is 4.75. The average molecular weight is 302 g/mol. The molecular formula is C15H18ClF2NO. The summed E-state index contributed by atoms with van der Waals surface area (Å²) in [5.74, 6) is -3.14. The lowest BCUT2D eigenvalue weighted by molar-refractivity contribution is -0.124. The second-order valence-corrected chi connectivity index (χ2v) is 5.98. The summed E-state index contributed by atoms with van der Waals surface area (Å²) >= 11 is 6.06. The molecule has 1 saturated carbocycles. The Morgan fingerprint density at radius 2 is 1.95 bits per heavy atom. The third-order valence-corrected chi connectivity index (χ3v) is 3.97. The van der Waals surface area contributed by atoms with E-state index in [1.54, 1.807) is 6.07 Å². The zero-order chi connectivity index (χ0) is 14.8. The van der Waals surface area contributed by atoms with Crippen molar-refractivity contribution in [3.05, 3.63) is 29.8 Å². The number of amides is 1. The Balaban J connectivity index is 2.02. The highest BCUT2D eigenvalue weighted by molar-refractivity contribution is 6.21. The van der Waals surface area contributed by atoms with E-state index in [-0.39, 0.29) is 42.9 Å². The summed E-state index contributed by atoms with van der Waals surface area (Å²) in [4.78, 5) is 12.2. The number of alkyl halides is 3. The van der Waals surface area contributed by atoms with Crippen LogP contribution in [-0.4, -0.2) is 11.8 Å². The van der Waals surface area contributed by atoms with Crippen LogP contribution in [0.25, 0.3) is 0 Å². The molecule has 110 valence electrons. The Labute approximate surface area is 122 Å². The Kier molecular flexibility index (Phi) is 4.63. The van der Waals surface area contributed by atoms with E-state index in [4.69, 9.17) is 11.6 Å². The summed E-state index contributed by atoms with van der Waals surface area (Å²) in [5.41, 5.74) is 1.50. The number of carbonyl (C=O) groups is 1. The van der Waals surface area contributed by atoms with Crippen LogP contribution >= 0.6 is 11.6 Å². The number of hydrogen-bond donors (Lipinski definition) is 1. The fraction of sp³-hybridized carbons (Fsp3) is 0.533. The molecule has 1 aromatic rings. The first kappa shape index (κ1) is 15.2. The van der Waals surface area contributed by atoms with E-state index in [1.807, 2.05) is 25.1 Å². The van der Waals surface area contributed by atoms with Crippen molar-refractivity contribution in [3.8, 4) is 0 Å². The highest BCUT2D eigenvalue weighted by Gasteiger charge is 2.37. The number of para-hydroxylation sites is 1. The fourth-order valence-electron chi connectivity index (χ4n) is 2.49. The Morgan fingerprint density at radius 1 is 1.35 bits per heavy atom. The number of benzene rings is 1. The van der Waals surface area contributed by atoms with Crippen molar-refractivity contribution >= 4 is 23.2 Å². The summed E-state index contributed by atoms with van der Waals surface area (Å²) in [6, 6.07) is 7.30. The molecule has 1 aliphatic carbocycles. The van der Waals surface area contributed by atoms with Gasteiger partial charge in [-0.05, 0) is 31.4 Å². The Bertz CT molecular complexity index is 481. The van der Waals surface area contributed by atoms with Gasteiger partial charge in [0.15, 0.2) is 0 Å². The zero-order valence-electron chi connectivity index (χ0n) is 11.3. The van der Waals surface area contributed by atoms with Gasteiger partial charge in [0.25, 0.3) is 0 Å². The molecule has 1 atom stereocenters. The van der Waals surface area contributed by atoms with Crippen molar-refractivity contribution in [2.24, 2.45) is 5.92 Å². The lowest BCUT2D eigenvalue weighted by atomic mass is 9.86. The first-order valence-electron chi connectivity index (χ1n) is 6.81. The minimum absolute atomic E-state index is 0.190. The Morgan fingerprint density at radius 3 is 2.55 bits per heavy atom. The standard InChI is InChI=1S/C15H18ClF2NO/c1-10(16)12-4-2-3-5-13(12)19-14(20)11-6-8-15(17,18)9-7-11/h2-5,10-11H,6-9H2,1H3,(H,19,20). The van der Waals surface area contributed by atoms with E-state index in [0.29, 0.717) is 5.69 Å². The van der Waals surface area contributed by atoms with E-state index < -0.39 is 5.92 Å². The second kappa shape index (κ2) is 6.08. The molecule has 0 saturated heterocycles. The van der Waals surface area contributed by atoms with Gasteiger partial charge in [0.05, 0.1) is 5.38 Å². The van der Waals surface area contributed by atoms with Gasteiger partial charge in [-0.25, -0.2) is 8.78 Å². The van der Waals surface area contributed by atoms with Crippen LogP contribution in [0.2, 0.25) is 0 Å². The topological polar surface area (TPSA) is 29.1 Å². The lowest BCUT2D eigenvalue weighted by Gasteiger charge is -2.27. The van der Waals surface area contributed by atoms with E-state index in [1.165, 1.54) is 0 Å². The molecule has 1 aliphatic rings. The molecule has 2 nitrogen and oxygen atoms in total. The third-order valence-electron chi connectivity index (χ3n) is 3.74. The number of anilines is 1. The number of halogens is 3. The largest absolute Gasteiger partial charge is 0.326 e. The molecule has 5 heteroatoms. The van der Waals surface area contributed by atoms with Crippen molar-refractivity contribution in [2.75, 3.05) is 5.32 Å². The van der Waals surface area contributed by atoms with Gasteiger partial charge in [-0.1, -0.05) is 18.2 Å². The van der Waals surface area contributed by atoms with Crippen LogP contribution in [0.3, 0.4) is 0 Å². The van der Waals surface area contributed by atoms with Crippen molar-refractivity contribution in [3.63, 3.8) is 0 Å². The third kappa shape index (κ3) is 3.69. The maximum atomic E-state index is 13.1. The monoisotopic (exact) mass is 301 g/mol. The van der Waals surface area contributed by atoms with Gasteiger partial charge in [0, 0.05) is 24.4 Å². The highest BCUT2D eigenvalue weighted by atomic mass is 35.5. The van der Waals surface area contributed by atoms with Crippen molar-refractivity contribution in [1.29, 1.82) is 0 Å². The minimum Gasteiger partial charge on any atom is -0.326 e. The summed E-state index contributed by atoms with van der Waals surface area (Å²) in [5, 5.41) is 2.60. The molecule has 0 bridgehead atoms. The van der Waals surface area contributed by atoms with Gasteiger partial charge in [-0.2, -0.15) is 0 Å². The second-order valence-electron chi connectivity index (χ2n) is 5.32. The summed E-state index contributed by atoms with van der Waals surface area (Å²) in [6.45, 7) is 1.83. The molecule has 1 aromatic carbocycles. The number of hydrogen-bond acceptors (Lipinski definition) is 1. The van der Waals surface area contributed by atoms with Gasteiger partial charge in [-0.15, -0.1) is 11.6 Å². The lowest BCUT2D eigenvalue weighted by Crippen LogP contribution is -2.32.